The lowest BCUT2D eigenvalue weighted by Gasteiger charge is -2.42. The van der Waals surface area contributed by atoms with Crippen LogP contribution in [0.5, 0.6) is 5.75 Å². The molecule has 0 radical (unpaired) electrons. The molecule has 1 unspecified atom stereocenters. The summed E-state index contributed by atoms with van der Waals surface area (Å²) in [4.78, 5) is 16.3. The molecule has 0 aromatic heterocycles. The van der Waals surface area contributed by atoms with Crippen LogP contribution >= 0.6 is 24.0 Å². The Kier molecular flexibility index (Phi) is 8.48. The van der Waals surface area contributed by atoms with E-state index in [0.717, 1.165) is 25.3 Å². The van der Waals surface area contributed by atoms with E-state index in [0.29, 0.717) is 24.7 Å². The Morgan fingerprint density at radius 2 is 2.04 bits per heavy atom. The third-order valence-corrected chi connectivity index (χ3v) is 4.94. The van der Waals surface area contributed by atoms with E-state index in [2.05, 4.69) is 18.7 Å². The summed E-state index contributed by atoms with van der Waals surface area (Å²) in [5.41, 5.74) is 6.20. The highest BCUT2D eigenvalue weighted by Gasteiger charge is 2.34. The minimum absolute atomic E-state index is 0. The van der Waals surface area contributed by atoms with Crippen molar-refractivity contribution >= 4 is 29.9 Å². The summed E-state index contributed by atoms with van der Waals surface area (Å²) in [6.07, 6.45) is 0.934. The van der Waals surface area contributed by atoms with Crippen LogP contribution in [0.15, 0.2) is 24.3 Å². The van der Waals surface area contributed by atoms with Crippen molar-refractivity contribution in [3.05, 3.63) is 29.3 Å². The quantitative estimate of drug-likeness (QED) is 0.812. The maximum atomic E-state index is 12.4. The van der Waals surface area contributed by atoms with Gasteiger partial charge in [-0.3, -0.25) is 9.69 Å². The molecule has 1 heterocycles. The van der Waals surface area contributed by atoms with Crippen molar-refractivity contribution in [1.29, 1.82) is 0 Å². The average Bonchev–Trinajstić information content (AvgIpc) is 2.52. The number of hydrogen-bond acceptors (Lipinski definition) is 4. The highest BCUT2D eigenvalue weighted by atomic mass is 35.5. The molecule has 1 fully saturated rings. The van der Waals surface area contributed by atoms with E-state index in [1.807, 2.05) is 19.2 Å². The minimum Gasteiger partial charge on any atom is -0.492 e. The number of rotatable bonds is 6. The first-order valence-corrected chi connectivity index (χ1v) is 8.76. The molecule has 0 spiro atoms. The van der Waals surface area contributed by atoms with E-state index in [9.17, 15) is 4.79 Å². The molecule has 1 saturated heterocycles. The number of hydrogen-bond donors (Lipinski definition) is 1. The smallest absolute Gasteiger partial charge is 0.236 e. The fourth-order valence-corrected chi connectivity index (χ4v) is 3.01. The zero-order chi connectivity index (χ0) is 17.7. The van der Waals surface area contributed by atoms with E-state index in [-0.39, 0.29) is 29.8 Å². The first-order valence-electron chi connectivity index (χ1n) is 8.38. The lowest BCUT2D eigenvalue weighted by molar-refractivity contribution is -0.132. The second kappa shape index (κ2) is 9.62. The maximum Gasteiger partial charge on any atom is 0.236 e. The molecule has 7 heteroatoms. The first kappa shape index (κ1) is 22.0. The third kappa shape index (κ3) is 6.66. The van der Waals surface area contributed by atoms with Crippen molar-refractivity contribution in [2.45, 2.75) is 26.3 Å². The van der Waals surface area contributed by atoms with Gasteiger partial charge in [-0.15, -0.1) is 12.4 Å². The van der Waals surface area contributed by atoms with Crippen LogP contribution in [0.25, 0.3) is 0 Å². The first-order chi connectivity index (χ1) is 11.3. The van der Waals surface area contributed by atoms with E-state index >= 15 is 0 Å². The average molecular weight is 390 g/mol. The number of nitrogens with zero attached hydrogens (tertiary/aromatic N) is 2. The molecule has 2 rings (SSSR count). The SMILES string of the molecule is CN(CCOc1ccc(Cl)cc1)C(=O)CN1CCC(N)C(C)(C)C1.Cl. The molecule has 1 amide bonds. The molecule has 0 aliphatic carbocycles. The van der Waals surface area contributed by atoms with Crippen LogP contribution in [0, 0.1) is 5.41 Å². The van der Waals surface area contributed by atoms with E-state index in [1.165, 1.54) is 0 Å². The molecule has 142 valence electrons. The molecule has 1 atom stereocenters. The van der Waals surface area contributed by atoms with Crippen molar-refractivity contribution in [1.82, 2.24) is 9.80 Å². The second-order valence-corrected chi connectivity index (χ2v) is 7.65. The number of carbonyl (C=O) groups is 1. The number of carbonyl (C=O) groups excluding carboxylic acids is 1. The van der Waals surface area contributed by atoms with Crippen LogP contribution in [0.2, 0.25) is 5.02 Å². The van der Waals surface area contributed by atoms with Gasteiger partial charge in [0.05, 0.1) is 13.1 Å². The van der Waals surface area contributed by atoms with E-state index in [4.69, 9.17) is 22.1 Å². The second-order valence-electron chi connectivity index (χ2n) is 7.21. The summed E-state index contributed by atoms with van der Waals surface area (Å²) in [7, 11) is 1.81. The molecule has 1 aliphatic rings. The molecule has 1 aromatic carbocycles. The van der Waals surface area contributed by atoms with Crippen molar-refractivity contribution < 1.29 is 9.53 Å². The minimum atomic E-state index is 0. The van der Waals surface area contributed by atoms with Crippen LogP contribution in [0.4, 0.5) is 0 Å². The van der Waals surface area contributed by atoms with Gasteiger partial charge in [-0.2, -0.15) is 0 Å². The van der Waals surface area contributed by atoms with Crippen LogP contribution in [0.1, 0.15) is 20.3 Å². The summed E-state index contributed by atoms with van der Waals surface area (Å²) in [5.74, 6) is 0.869. The van der Waals surface area contributed by atoms with Gasteiger partial charge in [-0.1, -0.05) is 25.4 Å². The van der Waals surface area contributed by atoms with Crippen molar-refractivity contribution in [2.75, 3.05) is 39.8 Å². The van der Waals surface area contributed by atoms with Gasteiger partial charge in [0, 0.05) is 31.2 Å². The van der Waals surface area contributed by atoms with Crippen molar-refractivity contribution in [3.63, 3.8) is 0 Å². The molecule has 0 bridgehead atoms. The summed E-state index contributed by atoms with van der Waals surface area (Å²) in [5, 5.41) is 0.679. The molecular formula is C18H29Cl2N3O2. The van der Waals surface area contributed by atoms with Crippen LogP contribution < -0.4 is 10.5 Å². The number of nitrogens with two attached hydrogens (primary N) is 1. The number of halogens is 2. The Bertz CT molecular complexity index is 552. The standard InChI is InChI=1S/C18H28ClN3O2.ClH/c1-18(2)13-22(9-8-16(18)20)12-17(23)21(3)10-11-24-15-6-4-14(19)5-7-15;/h4-7,16H,8-13,20H2,1-3H3;1H. The van der Waals surface area contributed by atoms with Gasteiger partial charge in [-0.05, 0) is 36.1 Å². The Balaban J connectivity index is 0.00000312. The molecule has 25 heavy (non-hydrogen) atoms. The number of likely N-dealkylation sites (tertiary alicyclic amines) is 1. The number of amides is 1. The maximum absolute atomic E-state index is 12.4. The number of benzene rings is 1. The highest BCUT2D eigenvalue weighted by Crippen LogP contribution is 2.27. The third-order valence-electron chi connectivity index (χ3n) is 4.68. The highest BCUT2D eigenvalue weighted by molar-refractivity contribution is 6.30. The Labute approximate surface area is 161 Å². The normalized spacial score (nSPS) is 19.8. The monoisotopic (exact) mass is 389 g/mol. The summed E-state index contributed by atoms with van der Waals surface area (Å²) < 4.78 is 5.64. The fraction of sp³-hybridized carbons (Fsp3) is 0.611. The fourth-order valence-electron chi connectivity index (χ4n) is 2.89. The molecule has 1 aromatic rings. The number of piperidine rings is 1. The topological polar surface area (TPSA) is 58.8 Å². The van der Waals surface area contributed by atoms with Crippen molar-refractivity contribution in [2.24, 2.45) is 11.1 Å². The van der Waals surface area contributed by atoms with Crippen LogP contribution in [-0.4, -0.2) is 61.6 Å². The summed E-state index contributed by atoms with van der Waals surface area (Å²) >= 11 is 5.84. The molecular weight excluding hydrogens is 361 g/mol. The van der Waals surface area contributed by atoms with Gasteiger partial charge in [-0.25, -0.2) is 0 Å². The lowest BCUT2D eigenvalue weighted by Crippen LogP contribution is -2.54. The van der Waals surface area contributed by atoms with Gasteiger partial charge < -0.3 is 15.4 Å². The number of ether oxygens (including phenoxy) is 1. The van der Waals surface area contributed by atoms with Gasteiger partial charge >= 0.3 is 0 Å². The van der Waals surface area contributed by atoms with Gasteiger partial charge in [0.2, 0.25) is 5.91 Å². The van der Waals surface area contributed by atoms with E-state index in [1.54, 1.807) is 17.0 Å². The predicted molar refractivity (Wildman–Crippen MR) is 105 cm³/mol. The molecule has 1 aliphatic heterocycles. The predicted octanol–water partition coefficient (Wildman–Crippen LogP) is 2.66. The molecule has 0 saturated carbocycles. The Morgan fingerprint density at radius 3 is 2.64 bits per heavy atom. The Morgan fingerprint density at radius 1 is 1.40 bits per heavy atom. The Hall–Kier alpha value is -1.01. The van der Waals surface area contributed by atoms with Crippen LogP contribution in [-0.2, 0) is 4.79 Å². The summed E-state index contributed by atoms with van der Waals surface area (Å²) in [6, 6.07) is 7.42. The largest absolute Gasteiger partial charge is 0.492 e. The molecule has 5 nitrogen and oxygen atoms in total. The molecule has 2 N–H and O–H groups in total. The number of likely N-dealkylation sites (N-methyl/N-ethyl adjacent to an activating group) is 1. The van der Waals surface area contributed by atoms with Gasteiger partial charge in [0.1, 0.15) is 12.4 Å². The van der Waals surface area contributed by atoms with Gasteiger partial charge in [0.25, 0.3) is 0 Å². The summed E-state index contributed by atoms with van der Waals surface area (Å²) in [6.45, 7) is 7.52. The van der Waals surface area contributed by atoms with E-state index < -0.39 is 0 Å². The zero-order valence-corrected chi connectivity index (χ0v) is 16.8. The van der Waals surface area contributed by atoms with Crippen LogP contribution in [0.3, 0.4) is 0 Å². The van der Waals surface area contributed by atoms with Crippen molar-refractivity contribution in [3.8, 4) is 5.75 Å². The zero-order valence-electron chi connectivity index (χ0n) is 15.2. The van der Waals surface area contributed by atoms with Gasteiger partial charge in [0.15, 0.2) is 0 Å². The lowest BCUT2D eigenvalue weighted by atomic mass is 9.80.